The average molecular weight is 225 g/mol. The summed E-state index contributed by atoms with van der Waals surface area (Å²) in [5, 5.41) is 8.78. The number of aliphatic carboxylic acids is 1. The van der Waals surface area contributed by atoms with E-state index in [-0.39, 0.29) is 11.7 Å². The van der Waals surface area contributed by atoms with Crippen molar-refractivity contribution in [2.24, 2.45) is 0 Å². The lowest BCUT2D eigenvalue weighted by molar-refractivity contribution is -0.132. The van der Waals surface area contributed by atoms with Crippen molar-refractivity contribution in [2.45, 2.75) is 0 Å². The molecule has 1 aromatic rings. The molecule has 5 heteroatoms. The average Bonchev–Trinajstić information content (AvgIpc) is 2.17. The van der Waals surface area contributed by atoms with Crippen molar-refractivity contribution >= 4 is 20.1 Å². The van der Waals surface area contributed by atoms with Crippen LogP contribution in [0.3, 0.4) is 0 Å². The lowest BCUT2D eigenvalue weighted by Crippen LogP contribution is -2.02. The summed E-state index contributed by atoms with van der Waals surface area (Å²) < 4.78 is 10.5. The lowest BCUT2D eigenvalue weighted by atomic mass is 10.1. The van der Waals surface area contributed by atoms with E-state index in [2.05, 4.69) is 0 Å². The summed E-state index contributed by atoms with van der Waals surface area (Å²) in [4.78, 5) is 19.4. The monoisotopic (exact) mass is 225 g/mol. The minimum absolute atomic E-state index is 0.0650. The summed E-state index contributed by atoms with van der Waals surface area (Å²) in [7, 11) is -2.47. The zero-order chi connectivity index (χ0) is 11.3. The maximum atomic E-state index is 10.7. The van der Waals surface area contributed by atoms with Gasteiger partial charge in [-0.25, -0.2) is 4.79 Å². The highest BCUT2D eigenvalue weighted by Crippen LogP contribution is 2.19. The van der Waals surface area contributed by atoms with Gasteiger partial charge in [-0.05, 0) is 16.2 Å². The first-order chi connectivity index (χ1) is 7.09. The van der Waals surface area contributed by atoms with Crippen molar-refractivity contribution in [1.29, 1.82) is 0 Å². The molecule has 0 radical (unpaired) electrons. The van der Waals surface area contributed by atoms with E-state index in [0.29, 0.717) is 5.56 Å². The van der Waals surface area contributed by atoms with Gasteiger partial charge in [0, 0.05) is 0 Å². The zero-order valence-electron chi connectivity index (χ0n) is 7.83. The number of carboxylic acid groups (broad SMARTS) is 1. The predicted octanol–water partition coefficient (Wildman–Crippen LogP) is 1.89. The smallest absolute Gasteiger partial charge is 0.478 e. The van der Waals surface area contributed by atoms with Gasteiger partial charge in [-0.2, -0.15) is 4.89 Å². The summed E-state index contributed by atoms with van der Waals surface area (Å²) in [6.07, 6.45) is 1.06. The number of carboxylic acids is 1. The Hall–Kier alpha value is -1.51. The molecular weight excluding hydrogens is 215 g/mol. The van der Waals surface area contributed by atoms with E-state index in [9.17, 15) is 9.36 Å². The van der Waals surface area contributed by atoms with Crippen molar-refractivity contribution < 1.29 is 19.4 Å². The molecule has 0 amide bonds. The molecule has 15 heavy (non-hydrogen) atoms. The molecule has 4 nitrogen and oxygen atoms in total. The van der Waals surface area contributed by atoms with Crippen LogP contribution >= 0.6 is 8.03 Å². The molecule has 0 aliphatic rings. The van der Waals surface area contributed by atoms with Gasteiger partial charge in [-0.1, -0.05) is 30.3 Å². The van der Waals surface area contributed by atoms with Crippen LogP contribution < -0.4 is 0 Å². The van der Waals surface area contributed by atoms with Crippen LogP contribution in [0.1, 0.15) is 5.56 Å². The Morgan fingerprint density at radius 1 is 1.33 bits per heavy atom. The molecule has 0 fully saturated rings. The summed E-state index contributed by atoms with van der Waals surface area (Å²) in [5.74, 6) is -1.17. The van der Waals surface area contributed by atoms with Gasteiger partial charge < -0.3 is 5.11 Å². The van der Waals surface area contributed by atoms with E-state index in [1.54, 1.807) is 24.3 Å². The molecule has 0 heterocycles. The molecule has 0 aromatic heterocycles. The van der Waals surface area contributed by atoms with Gasteiger partial charge in [0.05, 0.1) is 5.57 Å². The third kappa shape index (κ3) is 4.02. The Bertz CT molecular complexity index is 397. The van der Waals surface area contributed by atoms with Gasteiger partial charge in [-0.15, -0.1) is 0 Å². The topological polar surface area (TPSA) is 74.6 Å². The fraction of sp³-hybridized carbons (Fsp3) is 0.100. The Kier molecular flexibility index (Phi) is 4.16. The normalized spacial score (nSPS) is 12.3. The van der Waals surface area contributed by atoms with Gasteiger partial charge in [-0.3, -0.25) is 0 Å². The summed E-state index contributed by atoms with van der Waals surface area (Å²) in [5.41, 5.74) is 0.636. The third-order valence-electron chi connectivity index (χ3n) is 1.72. The van der Waals surface area contributed by atoms with Gasteiger partial charge in [0.15, 0.2) is 0 Å². The Morgan fingerprint density at radius 2 is 1.93 bits per heavy atom. The van der Waals surface area contributed by atoms with Gasteiger partial charge in [0.2, 0.25) is 6.16 Å². The molecule has 78 valence electrons. The molecule has 0 saturated carbocycles. The second kappa shape index (κ2) is 5.39. The van der Waals surface area contributed by atoms with Crippen molar-refractivity contribution in [3.05, 3.63) is 41.5 Å². The number of rotatable bonds is 4. The molecule has 1 atom stereocenters. The first-order valence-corrected chi connectivity index (χ1v) is 5.62. The molecule has 0 aliphatic heterocycles. The fourth-order valence-electron chi connectivity index (χ4n) is 1.07. The Morgan fingerprint density at radius 3 is 2.40 bits per heavy atom. The largest absolute Gasteiger partial charge is 0.510 e. The van der Waals surface area contributed by atoms with Crippen molar-refractivity contribution in [3.8, 4) is 0 Å². The van der Waals surface area contributed by atoms with E-state index in [1.165, 1.54) is 6.08 Å². The van der Waals surface area contributed by atoms with Crippen LogP contribution in [0, 0.1) is 0 Å². The minimum atomic E-state index is -2.47. The SMILES string of the molecule is O=C(O)/C(=C/c1ccccc1)C[P+](=O)O. The van der Waals surface area contributed by atoms with E-state index >= 15 is 0 Å². The highest BCUT2D eigenvalue weighted by molar-refractivity contribution is 7.38. The molecular formula is C10H10O4P+. The van der Waals surface area contributed by atoms with E-state index in [1.807, 2.05) is 6.07 Å². The van der Waals surface area contributed by atoms with Crippen molar-refractivity contribution in [3.63, 3.8) is 0 Å². The number of hydrogen-bond donors (Lipinski definition) is 2. The van der Waals surface area contributed by atoms with Crippen LogP contribution in [0.15, 0.2) is 35.9 Å². The zero-order valence-corrected chi connectivity index (χ0v) is 8.72. The standard InChI is InChI=1S/C10H9O4P/c11-10(12)9(7-15(13)14)6-8-4-2-1-3-5-8/h1-6H,7H2,(H-,11,12,13,14)/p+1/b9-6+. The molecule has 0 saturated heterocycles. The van der Waals surface area contributed by atoms with Gasteiger partial charge in [0.25, 0.3) is 0 Å². The van der Waals surface area contributed by atoms with Crippen molar-refractivity contribution in [2.75, 3.05) is 6.16 Å². The quantitative estimate of drug-likeness (QED) is 0.606. The highest BCUT2D eigenvalue weighted by atomic mass is 31.1. The predicted molar refractivity (Wildman–Crippen MR) is 56.7 cm³/mol. The molecule has 1 aromatic carbocycles. The first-order valence-electron chi connectivity index (χ1n) is 4.22. The van der Waals surface area contributed by atoms with Crippen LogP contribution in [0.5, 0.6) is 0 Å². The molecule has 1 rings (SSSR count). The van der Waals surface area contributed by atoms with Crippen molar-refractivity contribution in [1.82, 2.24) is 0 Å². The van der Waals surface area contributed by atoms with Crippen LogP contribution in [0.4, 0.5) is 0 Å². The van der Waals surface area contributed by atoms with Crippen LogP contribution in [-0.4, -0.2) is 22.1 Å². The highest BCUT2D eigenvalue weighted by Gasteiger charge is 2.19. The molecule has 2 N–H and O–H groups in total. The second-order valence-corrected chi connectivity index (χ2v) is 3.92. The van der Waals surface area contributed by atoms with Crippen LogP contribution in [0.2, 0.25) is 0 Å². The number of carbonyl (C=O) groups is 1. The van der Waals surface area contributed by atoms with E-state index in [4.69, 9.17) is 10.00 Å². The molecule has 0 bridgehead atoms. The fourth-order valence-corrected chi connectivity index (χ4v) is 1.59. The van der Waals surface area contributed by atoms with E-state index < -0.39 is 14.0 Å². The molecule has 0 spiro atoms. The van der Waals surface area contributed by atoms with Crippen LogP contribution in [0.25, 0.3) is 6.08 Å². The number of hydrogen-bond acceptors (Lipinski definition) is 2. The summed E-state index contributed by atoms with van der Waals surface area (Å²) >= 11 is 0. The Labute approximate surface area is 87.7 Å². The third-order valence-corrected chi connectivity index (χ3v) is 2.33. The van der Waals surface area contributed by atoms with Gasteiger partial charge in [0.1, 0.15) is 0 Å². The van der Waals surface area contributed by atoms with E-state index in [0.717, 1.165) is 0 Å². The maximum absolute atomic E-state index is 10.7. The first kappa shape index (κ1) is 11.6. The minimum Gasteiger partial charge on any atom is -0.478 e. The molecule has 1 unspecified atom stereocenters. The lowest BCUT2D eigenvalue weighted by Gasteiger charge is -1.94. The maximum Gasteiger partial charge on any atom is 0.510 e. The van der Waals surface area contributed by atoms with Gasteiger partial charge >= 0.3 is 14.0 Å². The van der Waals surface area contributed by atoms with Crippen LogP contribution in [-0.2, 0) is 9.36 Å². The molecule has 0 aliphatic carbocycles. The Balaban J connectivity index is 2.94. The summed E-state index contributed by atoms with van der Waals surface area (Å²) in [6.45, 7) is 0. The summed E-state index contributed by atoms with van der Waals surface area (Å²) in [6, 6.07) is 8.81. The second-order valence-electron chi connectivity index (χ2n) is 2.90. The number of benzene rings is 1.